The van der Waals surface area contributed by atoms with Crippen molar-refractivity contribution < 1.29 is 5.11 Å². The van der Waals surface area contributed by atoms with Crippen molar-refractivity contribution in [3.05, 3.63) is 0 Å². The summed E-state index contributed by atoms with van der Waals surface area (Å²) in [4.78, 5) is 2.55. The molecule has 2 aliphatic rings. The Morgan fingerprint density at radius 1 is 1.00 bits per heavy atom. The molecule has 112 valence electrons. The van der Waals surface area contributed by atoms with E-state index in [4.69, 9.17) is 0 Å². The molecule has 0 radical (unpaired) electrons. The van der Waals surface area contributed by atoms with Gasteiger partial charge in [-0.3, -0.25) is 0 Å². The van der Waals surface area contributed by atoms with Crippen LogP contribution in [0.4, 0.5) is 0 Å². The van der Waals surface area contributed by atoms with Crippen molar-refractivity contribution in [1.82, 2.24) is 4.90 Å². The van der Waals surface area contributed by atoms with Gasteiger partial charge in [0, 0.05) is 18.5 Å². The molecule has 0 aromatic carbocycles. The first-order valence-corrected chi connectivity index (χ1v) is 8.35. The zero-order chi connectivity index (χ0) is 14.0. The minimum absolute atomic E-state index is 0.0813. The molecule has 2 heteroatoms. The lowest BCUT2D eigenvalue weighted by Crippen LogP contribution is -2.45. The molecule has 0 saturated heterocycles. The molecule has 0 aliphatic heterocycles. The van der Waals surface area contributed by atoms with Gasteiger partial charge in [-0.15, -0.1) is 0 Å². The number of nitrogens with zero attached hydrogens (tertiary/aromatic N) is 1. The van der Waals surface area contributed by atoms with Crippen LogP contribution in [0.15, 0.2) is 0 Å². The van der Waals surface area contributed by atoms with Gasteiger partial charge in [-0.2, -0.15) is 0 Å². The first kappa shape index (κ1) is 15.3. The van der Waals surface area contributed by atoms with Gasteiger partial charge in [0.1, 0.15) is 0 Å². The Labute approximate surface area is 119 Å². The molecule has 0 heterocycles. The molecule has 2 aliphatic carbocycles. The fourth-order valence-electron chi connectivity index (χ4n) is 4.46. The number of aliphatic hydroxyl groups excluding tert-OH is 1. The molecule has 0 bridgehead atoms. The number of aliphatic hydroxyl groups is 1. The predicted octanol–water partition coefficient (Wildman–Crippen LogP) is 3.54. The summed E-state index contributed by atoms with van der Waals surface area (Å²) in [6.07, 6.45) is 7.71. The van der Waals surface area contributed by atoms with Crippen molar-refractivity contribution in [2.24, 2.45) is 23.7 Å². The van der Waals surface area contributed by atoms with Gasteiger partial charge < -0.3 is 10.0 Å². The maximum Gasteiger partial charge on any atom is 0.0585 e. The third-order valence-electron chi connectivity index (χ3n) is 5.67. The summed E-state index contributed by atoms with van der Waals surface area (Å²) in [6.45, 7) is 8.09. The lowest BCUT2D eigenvalue weighted by atomic mass is 9.73. The van der Waals surface area contributed by atoms with Crippen molar-refractivity contribution in [3.63, 3.8) is 0 Å². The normalized spacial score (nSPS) is 44.5. The number of rotatable bonds is 3. The van der Waals surface area contributed by atoms with E-state index in [2.05, 4.69) is 32.7 Å². The molecule has 19 heavy (non-hydrogen) atoms. The van der Waals surface area contributed by atoms with Crippen LogP contribution in [0, 0.1) is 23.7 Å². The Hall–Kier alpha value is -0.0800. The second-order valence-corrected chi connectivity index (χ2v) is 7.65. The maximum atomic E-state index is 10.4. The molecular formula is C17H33NO. The van der Waals surface area contributed by atoms with Crippen molar-refractivity contribution in [1.29, 1.82) is 0 Å². The molecule has 2 fully saturated rings. The van der Waals surface area contributed by atoms with E-state index in [0.717, 1.165) is 24.9 Å². The summed E-state index contributed by atoms with van der Waals surface area (Å²) in [5.74, 6) is 2.73. The number of hydrogen-bond donors (Lipinski definition) is 1. The summed E-state index contributed by atoms with van der Waals surface area (Å²) in [5, 5.41) is 10.4. The summed E-state index contributed by atoms with van der Waals surface area (Å²) in [5.41, 5.74) is 0. The zero-order valence-corrected chi connectivity index (χ0v) is 13.3. The maximum absolute atomic E-state index is 10.4. The summed E-state index contributed by atoms with van der Waals surface area (Å²) in [6, 6.07) is 0.752. The molecule has 0 aromatic heterocycles. The molecule has 2 saturated carbocycles. The van der Waals surface area contributed by atoms with Gasteiger partial charge in [0.25, 0.3) is 0 Å². The average molecular weight is 267 g/mol. The van der Waals surface area contributed by atoms with Crippen LogP contribution in [0.25, 0.3) is 0 Å². The Morgan fingerprint density at radius 2 is 1.74 bits per heavy atom. The van der Waals surface area contributed by atoms with E-state index >= 15 is 0 Å². The summed E-state index contributed by atoms with van der Waals surface area (Å²) < 4.78 is 0. The fraction of sp³-hybridized carbons (Fsp3) is 1.00. The van der Waals surface area contributed by atoms with E-state index in [-0.39, 0.29) is 6.10 Å². The molecular weight excluding hydrogens is 234 g/mol. The van der Waals surface area contributed by atoms with E-state index in [1.54, 1.807) is 0 Å². The van der Waals surface area contributed by atoms with Crippen molar-refractivity contribution in [2.45, 2.75) is 71.4 Å². The van der Waals surface area contributed by atoms with Crippen LogP contribution < -0.4 is 0 Å². The fourth-order valence-corrected chi connectivity index (χ4v) is 4.46. The SMILES string of the molecule is CC1CC(C)C(CN(C)C2CCCC(C)C2)C(O)C1. The highest BCUT2D eigenvalue weighted by Crippen LogP contribution is 2.35. The van der Waals surface area contributed by atoms with Gasteiger partial charge in [-0.05, 0) is 50.5 Å². The highest BCUT2D eigenvalue weighted by molar-refractivity contribution is 4.86. The third-order valence-corrected chi connectivity index (χ3v) is 5.67. The second kappa shape index (κ2) is 6.58. The topological polar surface area (TPSA) is 23.5 Å². The Kier molecular flexibility index (Phi) is 5.30. The van der Waals surface area contributed by atoms with E-state index < -0.39 is 0 Å². The summed E-state index contributed by atoms with van der Waals surface area (Å²) in [7, 11) is 2.28. The van der Waals surface area contributed by atoms with E-state index in [1.165, 1.54) is 32.1 Å². The first-order chi connectivity index (χ1) is 8.97. The molecule has 0 amide bonds. The molecule has 0 spiro atoms. The third kappa shape index (κ3) is 3.95. The van der Waals surface area contributed by atoms with Crippen molar-refractivity contribution in [2.75, 3.05) is 13.6 Å². The Balaban J connectivity index is 1.88. The molecule has 2 rings (SSSR count). The van der Waals surface area contributed by atoms with E-state index in [9.17, 15) is 5.11 Å². The van der Waals surface area contributed by atoms with Crippen LogP contribution in [-0.4, -0.2) is 35.7 Å². The molecule has 6 atom stereocenters. The Morgan fingerprint density at radius 3 is 2.37 bits per heavy atom. The first-order valence-electron chi connectivity index (χ1n) is 8.35. The van der Waals surface area contributed by atoms with Gasteiger partial charge in [0.2, 0.25) is 0 Å². The van der Waals surface area contributed by atoms with Crippen molar-refractivity contribution >= 4 is 0 Å². The summed E-state index contributed by atoms with van der Waals surface area (Å²) >= 11 is 0. The van der Waals surface area contributed by atoms with Crippen LogP contribution in [0.5, 0.6) is 0 Å². The molecule has 2 nitrogen and oxygen atoms in total. The minimum Gasteiger partial charge on any atom is -0.393 e. The van der Waals surface area contributed by atoms with E-state index in [1.807, 2.05) is 0 Å². The standard InChI is InChI=1S/C17H33NO/c1-12-6-5-7-15(9-12)18(4)11-16-14(3)8-13(2)10-17(16)19/h12-17,19H,5-11H2,1-4H3. The molecule has 1 N–H and O–H groups in total. The van der Waals surface area contributed by atoms with Crippen LogP contribution >= 0.6 is 0 Å². The quantitative estimate of drug-likeness (QED) is 0.845. The van der Waals surface area contributed by atoms with Crippen LogP contribution in [0.2, 0.25) is 0 Å². The molecule has 6 unspecified atom stereocenters. The van der Waals surface area contributed by atoms with Gasteiger partial charge >= 0.3 is 0 Å². The van der Waals surface area contributed by atoms with Crippen molar-refractivity contribution in [3.8, 4) is 0 Å². The van der Waals surface area contributed by atoms with Crippen LogP contribution in [0.3, 0.4) is 0 Å². The minimum atomic E-state index is -0.0813. The van der Waals surface area contributed by atoms with E-state index in [0.29, 0.717) is 17.8 Å². The number of hydrogen-bond acceptors (Lipinski definition) is 2. The van der Waals surface area contributed by atoms with Crippen LogP contribution in [0.1, 0.15) is 59.3 Å². The lowest BCUT2D eigenvalue weighted by molar-refractivity contribution is -0.00807. The zero-order valence-electron chi connectivity index (χ0n) is 13.3. The smallest absolute Gasteiger partial charge is 0.0585 e. The van der Waals surface area contributed by atoms with Gasteiger partial charge in [0.05, 0.1) is 6.10 Å². The highest BCUT2D eigenvalue weighted by atomic mass is 16.3. The average Bonchev–Trinajstić information content (AvgIpc) is 2.33. The molecule has 0 aromatic rings. The Bertz CT molecular complexity index is 268. The highest BCUT2D eigenvalue weighted by Gasteiger charge is 2.34. The lowest BCUT2D eigenvalue weighted by Gasteiger charge is -2.42. The second-order valence-electron chi connectivity index (χ2n) is 7.65. The van der Waals surface area contributed by atoms with Gasteiger partial charge in [-0.1, -0.05) is 33.6 Å². The largest absolute Gasteiger partial charge is 0.393 e. The van der Waals surface area contributed by atoms with Crippen LogP contribution in [-0.2, 0) is 0 Å². The van der Waals surface area contributed by atoms with Gasteiger partial charge in [0.15, 0.2) is 0 Å². The predicted molar refractivity (Wildman–Crippen MR) is 81.1 cm³/mol. The van der Waals surface area contributed by atoms with Gasteiger partial charge in [-0.25, -0.2) is 0 Å². The monoisotopic (exact) mass is 267 g/mol.